The predicted molar refractivity (Wildman–Crippen MR) is 75.2 cm³/mol. The summed E-state index contributed by atoms with van der Waals surface area (Å²) in [5.41, 5.74) is -0.131. The van der Waals surface area contributed by atoms with Gasteiger partial charge in [-0.2, -0.15) is 4.98 Å². The van der Waals surface area contributed by atoms with Gasteiger partial charge in [-0.05, 0) is 23.7 Å². The van der Waals surface area contributed by atoms with Crippen molar-refractivity contribution in [1.29, 1.82) is 0 Å². The van der Waals surface area contributed by atoms with Crippen LogP contribution in [-0.2, 0) is 0 Å². The molecule has 9 heteroatoms. The number of halogens is 1. The Bertz CT molecular complexity index is 722. The molecular formula is C12H9ClN4O4. The van der Waals surface area contributed by atoms with Crippen molar-refractivity contribution in [3.63, 3.8) is 0 Å². The summed E-state index contributed by atoms with van der Waals surface area (Å²) in [4.78, 5) is 30.3. The van der Waals surface area contributed by atoms with Gasteiger partial charge in [0.2, 0.25) is 11.1 Å². The van der Waals surface area contributed by atoms with Crippen molar-refractivity contribution in [2.45, 2.75) is 0 Å². The van der Waals surface area contributed by atoms with E-state index in [2.05, 4.69) is 9.97 Å². The number of aromatic nitrogens is 2. The molecule has 0 spiro atoms. The Morgan fingerprint density at radius 2 is 2.10 bits per heavy atom. The van der Waals surface area contributed by atoms with Gasteiger partial charge in [0.25, 0.3) is 0 Å². The van der Waals surface area contributed by atoms with Crippen molar-refractivity contribution in [2.24, 2.45) is 0 Å². The summed E-state index contributed by atoms with van der Waals surface area (Å²) in [5, 5.41) is 20.0. The lowest BCUT2D eigenvalue weighted by molar-refractivity contribution is -0.384. The molecule has 0 aliphatic carbocycles. The van der Waals surface area contributed by atoms with E-state index in [9.17, 15) is 20.0 Å². The molecule has 0 unspecified atom stereocenters. The number of para-hydroxylation sites is 1. The Morgan fingerprint density at radius 1 is 1.43 bits per heavy atom. The van der Waals surface area contributed by atoms with Gasteiger partial charge in [-0.3, -0.25) is 10.1 Å². The third-order valence-electron chi connectivity index (χ3n) is 2.73. The van der Waals surface area contributed by atoms with Crippen LogP contribution in [0.2, 0.25) is 5.28 Å². The number of nitro groups is 1. The Hall–Kier alpha value is -2.74. The number of rotatable bonds is 4. The van der Waals surface area contributed by atoms with Gasteiger partial charge in [0, 0.05) is 7.05 Å². The monoisotopic (exact) mass is 308 g/mol. The molecule has 1 aromatic heterocycles. The van der Waals surface area contributed by atoms with E-state index in [1.165, 1.54) is 24.1 Å². The zero-order valence-corrected chi connectivity index (χ0v) is 11.5. The number of hydrogen-bond donors (Lipinski definition) is 1. The standard InChI is InChI=1S/C12H9ClN4O4/c1-16(8-5-3-2-4-7(8)11(18)19)10-9(17(20)21)6-14-12(13)15-10/h2-6H,1H3,(H,18,19). The van der Waals surface area contributed by atoms with Crippen molar-refractivity contribution >= 4 is 34.8 Å². The number of aromatic carboxylic acids is 1. The van der Waals surface area contributed by atoms with E-state index in [4.69, 9.17) is 11.6 Å². The summed E-state index contributed by atoms with van der Waals surface area (Å²) in [6.45, 7) is 0. The lowest BCUT2D eigenvalue weighted by Gasteiger charge is -2.19. The molecule has 1 N–H and O–H groups in total. The number of anilines is 2. The highest BCUT2D eigenvalue weighted by Crippen LogP contribution is 2.32. The molecular weight excluding hydrogens is 300 g/mol. The second kappa shape index (κ2) is 5.71. The fraction of sp³-hybridized carbons (Fsp3) is 0.0833. The molecule has 0 aliphatic rings. The lowest BCUT2D eigenvalue weighted by Crippen LogP contribution is -2.17. The Balaban J connectivity index is 2.60. The minimum absolute atomic E-state index is 0.0102. The average Bonchev–Trinajstić information content (AvgIpc) is 2.46. The van der Waals surface area contributed by atoms with Crippen molar-refractivity contribution in [2.75, 3.05) is 11.9 Å². The van der Waals surface area contributed by atoms with E-state index in [0.29, 0.717) is 0 Å². The Labute approximate surface area is 123 Å². The van der Waals surface area contributed by atoms with Crippen molar-refractivity contribution in [3.05, 3.63) is 51.4 Å². The van der Waals surface area contributed by atoms with Crippen LogP contribution in [0.3, 0.4) is 0 Å². The molecule has 0 aliphatic heterocycles. The molecule has 2 aromatic rings. The normalized spacial score (nSPS) is 10.2. The summed E-state index contributed by atoms with van der Waals surface area (Å²) in [5.74, 6) is -1.24. The second-order valence-electron chi connectivity index (χ2n) is 3.99. The van der Waals surface area contributed by atoms with Crippen molar-refractivity contribution < 1.29 is 14.8 Å². The zero-order valence-electron chi connectivity index (χ0n) is 10.7. The average molecular weight is 309 g/mol. The first-order chi connectivity index (χ1) is 9.91. The topological polar surface area (TPSA) is 109 Å². The molecule has 0 fully saturated rings. The van der Waals surface area contributed by atoms with E-state index < -0.39 is 10.9 Å². The molecule has 108 valence electrons. The molecule has 1 heterocycles. The van der Waals surface area contributed by atoms with Crippen LogP contribution in [-0.4, -0.2) is 33.0 Å². The fourth-order valence-electron chi connectivity index (χ4n) is 1.78. The predicted octanol–water partition coefficient (Wildman–Crippen LogP) is 2.50. The third kappa shape index (κ3) is 2.90. The van der Waals surface area contributed by atoms with E-state index in [1.54, 1.807) is 12.1 Å². The van der Waals surface area contributed by atoms with Gasteiger partial charge in [-0.1, -0.05) is 12.1 Å². The number of carboxylic acids is 1. The molecule has 0 saturated heterocycles. The highest BCUT2D eigenvalue weighted by Gasteiger charge is 2.24. The molecule has 0 saturated carbocycles. The summed E-state index contributed by atoms with van der Waals surface area (Å²) in [6, 6.07) is 6.08. The van der Waals surface area contributed by atoms with Crippen LogP contribution >= 0.6 is 11.6 Å². The largest absolute Gasteiger partial charge is 0.478 e. The molecule has 8 nitrogen and oxygen atoms in total. The first-order valence-corrected chi connectivity index (χ1v) is 6.02. The van der Waals surface area contributed by atoms with Crippen LogP contribution in [0, 0.1) is 10.1 Å². The van der Waals surface area contributed by atoms with E-state index >= 15 is 0 Å². The zero-order chi connectivity index (χ0) is 15.6. The summed E-state index contributed by atoms with van der Waals surface area (Å²) >= 11 is 5.67. The molecule has 0 radical (unpaired) electrons. The van der Waals surface area contributed by atoms with Gasteiger partial charge in [0.1, 0.15) is 6.20 Å². The number of carboxylic acid groups (broad SMARTS) is 1. The molecule has 0 atom stereocenters. The summed E-state index contributed by atoms with van der Waals surface area (Å²) in [6.07, 6.45) is 0.977. The maximum absolute atomic E-state index is 11.2. The molecule has 0 bridgehead atoms. The first kappa shape index (κ1) is 14.7. The van der Waals surface area contributed by atoms with Gasteiger partial charge in [0.15, 0.2) is 0 Å². The maximum Gasteiger partial charge on any atom is 0.337 e. The maximum atomic E-state index is 11.2. The summed E-state index contributed by atoms with van der Waals surface area (Å²) < 4.78 is 0. The van der Waals surface area contributed by atoms with Crippen LogP contribution in [0.25, 0.3) is 0 Å². The van der Waals surface area contributed by atoms with Crippen LogP contribution in [0.4, 0.5) is 17.2 Å². The number of benzene rings is 1. The summed E-state index contributed by atoms with van der Waals surface area (Å²) in [7, 11) is 1.47. The van der Waals surface area contributed by atoms with Crippen LogP contribution < -0.4 is 4.90 Å². The van der Waals surface area contributed by atoms with Crippen LogP contribution in [0.1, 0.15) is 10.4 Å². The minimum Gasteiger partial charge on any atom is -0.478 e. The van der Waals surface area contributed by atoms with E-state index in [-0.39, 0.29) is 28.0 Å². The molecule has 1 aromatic carbocycles. The number of nitrogens with zero attached hydrogens (tertiary/aromatic N) is 4. The van der Waals surface area contributed by atoms with Gasteiger partial charge < -0.3 is 10.0 Å². The quantitative estimate of drug-likeness (QED) is 0.525. The lowest BCUT2D eigenvalue weighted by atomic mass is 10.1. The fourth-order valence-corrected chi connectivity index (χ4v) is 1.91. The van der Waals surface area contributed by atoms with Crippen LogP contribution in [0.5, 0.6) is 0 Å². The Morgan fingerprint density at radius 3 is 2.71 bits per heavy atom. The molecule has 2 rings (SSSR count). The first-order valence-electron chi connectivity index (χ1n) is 5.64. The van der Waals surface area contributed by atoms with Gasteiger partial charge >= 0.3 is 11.7 Å². The SMILES string of the molecule is CN(c1ccccc1C(=O)O)c1nc(Cl)ncc1[N+](=O)[O-]. The highest BCUT2D eigenvalue weighted by molar-refractivity contribution is 6.28. The number of hydrogen-bond acceptors (Lipinski definition) is 6. The third-order valence-corrected chi connectivity index (χ3v) is 2.91. The van der Waals surface area contributed by atoms with Gasteiger partial charge in [0.05, 0.1) is 16.2 Å². The smallest absolute Gasteiger partial charge is 0.337 e. The van der Waals surface area contributed by atoms with Crippen molar-refractivity contribution in [1.82, 2.24) is 9.97 Å². The van der Waals surface area contributed by atoms with Crippen molar-refractivity contribution in [3.8, 4) is 0 Å². The minimum atomic E-state index is -1.15. The molecule has 0 amide bonds. The highest BCUT2D eigenvalue weighted by atomic mass is 35.5. The second-order valence-corrected chi connectivity index (χ2v) is 4.32. The molecule has 21 heavy (non-hydrogen) atoms. The Kier molecular flexibility index (Phi) is 3.99. The van der Waals surface area contributed by atoms with E-state index in [0.717, 1.165) is 6.20 Å². The van der Waals surface area contributed by atoms with E-state index in [1.807, 2.05) is 0 Å². The van der Waals surface area contributed by atoms with Gasteiger partial charge in [-0.15, -0.1) is 0 Å². The number of carbonyl (C=O) groups is 1. The van der Waals surface area contributed by atoms with Gasteiger partial charge in [-0.25, -0.2) is 9.78 Å². The van der Waals surface area contributed by atoms with Crippen LogP contribution in [0.15, 0.2) is 30.5 Å².